The van der Waals surface area contributed by atoms with Gasteiger partial charge in [-0.1, -0.05) is 84.1 Å². The number of hydrogen-bond donors (Lipinski definition) is 1. The molecule has 1 aromatic rings. The molecule has 1 rings (SSSR count). The Kier molecular flexibility index (Phi) is 9.41. The first-order valence-corrected chi connectivity index (χ1v) is 9.02. The first-order chi connectivity index (χ1) is 10.2. The Hall–Kier alpha value is -0.820. The van der Waals surface area contributed by atoms with Crippen molar-refractivity contribution in [2.24, 2.45) is 0 Å². The lowest BCUT2D eigenvalue weighted by Gasteiger charge is -2.20. The second-order valence-electron chi connectivity index (χ2n) is 6.53. The van der Waals surface area contributed by atoms with Gasteiger partial charge in [0.1, 0.15) is 0 Å². The van der Waals surface area contributed by atoms with Gasteiger partial charge in [0.15, 0.2) is 0 Å². The van der Waals surface area contributed by atoms with Crippen LogP contribution in [0.4, 0.5) is 0 Å². The molecule has 0 radical (unpaired) electrons. The molecule has 0 aliphatic carbocycles. The maximum absolute atomic E-state index is 3.73. The third-order valence-corrected chi connectivity index (χ3v) is 4.24. The lowest BCUT2D eigenvalue weighted by Crippen LogP contribution is -2.22. The molecule has 0 aliphatic heterocycles. The van der Waals surface area contributed by atoms with Crippen LogP contribution in [-0.4, -0.2) is 6.54 Å². The molecule has 1 heteroatoms. The topological polar surface area (TPSA) is 12.0 Å². The van der Waals surface area contributed by atoms with Crippen LogP contribution in [0.5, 0.6) is 0 Å². The number of rotatable bonds is 11. The summed E-state index contributed by atoms with van der Waals surface area (Å²) in [7, 11) is 0. The van der Waals surface area contributed by atoms with Crippen LogP contribution in [-0.2, 0) is 0 Å². The second-order valence-corrected chi connectivity index (χ2v) is 6.53. The van der Waals surface area contributed by atoms with Crippen LogP contribution >= 0.6 is 0 Å². The van der Waals surface area contributed by atoms with E-state index in [1.165, 1.54) is 56.1 Å². The summed E-state index contributed by atoms with van der Waals surface area (Å²) < 4.78 is 0. The molecule has 1 nitrogen and oxygen atoms in total. The van der Waals surface area contributed by atoms with E-state index in [1.54, 1.807) is 0 Å². The average molecular weight is 290 g/mol. The molecule has 21 heavy (non-hydrogen) atoms. The van der Waals surface area contributed by atoms with Gasteiger partial charge in [0.2, 0.25) is 0 Å². The highest BCUT2D eigenvalue weighted by Gasteiger charge is 2.10. The highest BCUT2D eigenvalue weighted by Crippen LogP contribution is 2.23. The van der Waals surface area contributed by atoms with Gasteiger partial charge in [0, 0.05) is 6.04 Å². The summed E-state index contributed by atoms with van der Waals surface area (Å²) in [6.07, 6.45) is 9.30. The SMILES string of the molecule is CCCCCCCC(NCCC)c1ccc(C(C)C)cc1. The molecule has 0 spiro atoms. The van der Waals surface area contributed by atoms with Crippen molar-refractivity contribution in [3.8, 4) is 0 Å². The van der Waals surface area contributed by atoms with Crippen LogP contribution in [0.2, 0.25) is 0 Å². The van der Waals surface area contributed by atoms with Gasteiger partial charge >= 0.3 is 0 Å². The monoisotopic (exact) mass is 289 g/mol. The number of nitrogens with one attached hydrogen (secondary N) is 1. The Balaban J connectivity index is 2.54. The molecule has 1 aromatic carbocycles. The van der Waals surface area contributed by atoms with Crippen molar-refractivity contribution in [3.05, 3.63) is 35.4 Å². The predicted octanol–water partition coefficient (Wildman–Crippen LogP) is 6.21. The molecular weight excluding hydrogens is 254 g/mol. The molecule has 1 N–H and O–H groups in total. The van der Waals surface area contributed by atoms with Gasteiger partial charge in [-0.05, 0) is 36.4 Å². The van der Waals surface area contributed by atoms with Gasteiger partial charge in [-0.3, -0.25) is 0 Å². The fourth-order valence-corrected chi connectivity index (χ4v) is 2.77. The molecule has 0 saturated heterocycles. The fourth-order valence-electron chi connectivity index (χ4n) is 2.77. The van der Waals surface area contributed by atoms with Crippen molar-refractivity contribution in [3.63, 3.8) is 0 Å². The van der Waals surface area contributed by atoms with E-state index >= 15 is 0 Å². The van der Waals surface area contributed by atoms with Crippen LogP contribution < -0.4 is 5.32 Å². The highest BCUT2D eigenvalue weighted by molar-refractivity contribution is 5.26. The van der Waals surface area contributed by atoms with E-state index in [0.29, 0.717) is 12.0 Å². The molecule has 1 unspecified atom stereocenters. The van der Waals surface area contributed by atoms with E-state index in [4.69, 9.17) is 0 Å². The lowest BCUT2D eigenvalue weighted by atomic mass is 9.96. The van der Waals surface area contributed by atoms with Crippen molar-refractivity contribution >= 4 is 0 Å². The Morgan fingerprint density at radius 2 is 1.43 bits per heavy atom. The first-order valence-electron chi connectivity index (χ1n) is 9.02. The van der Waals surface area contributed by atoms with Crippen molar-refractivity contribution in [2.75, 3.05) is 6.54 Å². The number of benzene rings is 1. The van der Waals surface area contributed by atoms with Crippen molar-refractivity contribution < 1.29 is 0 Å². The number of hydrogen-bond acceptors (Lipinski definition) is 1. The third-order valence-electron chi connectivity index (χ3n) is 4.24. The minimum Gasteiger partial charge on any atom is -0.310 e. The molecule has 0 fully saturated rings. The molecular formula is C20H35N. The van der Waals surface area contributed by atoms with E-state index < -0.39 is 0 Å². The zero-order valence-electron chi connectivity index (χ0n) is 14.6. The largest absolute Gasteiger partial charge is 0.310 e. The summed E-state index contributed by atoms with van der Waals surface area (Å²) in [5.74, 6) is 0.621. The smallest absolute Gasteiger partial charge is 0.0320 e. The summed E-state index contributed by atoms with van der Waals surface area (Å²) in [6.45, 7) is 10.2. The summed E-state index contributed by atoms with van der Waals surface area (Å²) in [6, 6.07) is 9.80. The zero-order valence-corrected chi connectivity index (χ0v) is 14.6. The van der Waals surface area contributed by atoms with Crippen molar-refractivity contribution in [1.29, 1.82) is 0 Å². The van der Waals surface area contributed by atoms with E-state index in [1.807, 2.05) is 0 Å². The van der Waals surface area contributed by atoms with Gasteiger partial charge in [-0.15, -0.1) is 0 Å². The predicted molar refractivity (Wildman–Crippen MR) is 94.9 cm³/mol. The van der Waals surface area contributed by atoms with E-state index in [9.17, 15) is 0 Å². The molecule has 0 aliphatic rings. The van der Waals surface area contributed by atoms with Gasteiger partial charge < -0.3 is 5.32 Å². The Morgan fingerprint density at radius 1 is 0.810 bits per heavy atom. The van der Waals surface area contributed by atoms with Crippen molar-refractivity contribution in [1.82, 2.24) is 5.32 Å². The summed E-state index contributed by atoms with van der Waals surface area (Å²) in [4.78, 5) is 0. The first kappa shape index (κ1) is 18.2. The van der Waals surface area contributed by atoms with Gasteiger partial charge in [-0.2, -0.15) is 0 Å². The summed E-state index contributed by atoms with van der Waals surface area (Å²) in [5.41, 5.74) is 2.90. The van der Waals surface area contributed by atoms with Gasteiger partial charge in [0.25, 0.3) is 0 Å². The van der Waals surface area contributed by atoms with Crippen LogP contribution in [0.25, 0.3) is 0 Å². The lowest BCUT2D eigenvalue weighted by molar-refractivity contribution is 0.468. The van der Waals surface area contributed by atoms with Crippen LogP contribution in [0.15, 0.2) is 24.3 Å². The normalized spacial score (nSPS) is 12.8. The van der Waals surface area contributed by atoms with Gasteiger partial charge in [-0.25, -0.2) is 0 Å². The summed E-state index contributed by atoms with van der Waals surface area (Å²) in [5, 5.41) is 3.73. The Bertz CT molecular complexity index is 353. The third kappa shape index (κ3) is 7.13. The second kappa shape index (κ2) is 10.8. The van der Waals surface area contributed by atoms with E-state index in [2.05, 4.69) is 57.3 Å². The maximum Gasteiger partial charge on any atom is 0.0320 e. The van der Waals surface area contributed by atoms with Crippen LogP contribution in [0, 0.1) is 0 Å². The standard InChI is InChI=1S/C20H35N/c1-5-7-8-9-10-11-20(21-16-6-2)19-14-12-18(13-15-19)17(3)4/h12-15,17,20-21H,5-11,16H2,1-4H3. The zero-order chi connectivity index (χ0) is 15.5. The van der Waals surface area contributed by atoms with E-state index in [-0.39, 0.29) is 0 Å². The minimum atomic E-state index is 0.535. The fraction of sp³-hybridized carbons (Fsp3) is 0.700. The summed E-state index contributed by atoms with van der Waals surface area (Å²) >= 11 is 0. The average Bonchev–Trinajstić information content (AvgIpc) is 2.50. The molecule has 1 atom stereocenters. The van der Waals surface area contributed by atoms with Crippen LogP contribution in [0.1, 0.15) is 95.7 Å². The number of unbranched alkanes of at least 4 members (excludes halogenated alkanes) is 4. The maximum atomic E-state index is 3.73. The molecule has 0 amide bonds. The highest BCUT2D eigenvalue weighted by atomic mass is 14.9. The molecule has 0 heterocycles. The molecule has 0 aromatic heterocycles. The van der Waals surface area contributed by atoms with Gasteiger partial charge in [0.05, 0.1) is 0 Å². The molecule has 120 valence electrons. The quantitative estimate of drug-likeness (QED) is 0.477. The Morgan fingerprint density at radius 3 is 2.00 bits per heavy atom. The van der Waals surface area contributed by atoms with Crippen LogP contribution in [0.3, 0.4) is 0 Å². The molecule has 0 saturated carbocycles. The van der Waals surface area contributed by atoms with Crippen molar-refractivity contribution in [2.45, 2.75) is 84.6 Å². The molecule has 0 bridgehead atoms. The minimum absolute atomic E-state index is 0.535. The van der Waals surface area contributed by atoms with E-state index in [0.717, 1.165) is 6.54 Å². The Labute approximate surface area is 132 Å².